The van der Waals surface area contributed by atoms with E-state index in [2.05, 4.69) is 6.58 Å². The lowest BCUT2D eigenvalue weighted by Crippen LogP contribution is -2.31. The molecule has 1 atom stereocenters. The number of nitrogens with zero attached hydrogens (tertiary/aromatic N) is 1. The zero-order valence-electron chi connectivity index (χ0n) is 17.2. The van der Waals surface area contributed by atoms with Gasteiger partial charge in [-0.1, -0.05) is 36.4 Å². The number of aliphatic hydroxyl groups is 1. The summed E-state index contributed by atoms with van der Waals surface area (Å²) in [4.78, 5) is 27.2. The normalized spacial score (nSPS) is 17.7. The van der Waals surface area contributed by atoms with Crippen molar-refractivity contribution in [2.24, 2.45) is 0 Å². The Balaban J connectivity index is 2.05. The molecule has 1 saturated heterocycles. The highest BCUT2D eigenvalue weighted by Crippen LogP contribution is 2.40. The van der Waals surface area contributed by atoms with Crippen molar-refractivity contribution in [3.8, 4) is 5.75 Å². The van der Waals surface area contributed by atoms with Crippen LogP contribution in [-0.4, -0.2) is 48.6 Å². The van der Waals surface area contributed by atoms with Crippen LogP contribution in [0.15, 0.2) is 66.8 Å². The average Bonchev–Trinajstić information content (AvgIpc) is 3.03. The first-order valence-corrected chi connectivity index (χ1v) is 10.2. The first-order chi connectivity index (χ1) is 15.0. The molecule has 6 nitrogen and oxygen atoms in total. The van der Waals surface area contributed by atoms with E-state index in [4.69, 9.17) is 21.1 Å². The maximum Gasteiger partial charge on any atom is 0.295 e. The summed E-state index contributed by atoms with van der Waals surface area (Å²) in [7, 11) is 1.58. The van der Waals surface area contributed by atoms with Crippen molar-refractivity contribution in [3.63, 3.8) is 0 Å². The SMILES string of the molecule is C=CCOc1ccc(C2C(=C(O)c3ccc(Cl)cc3)C(=O)C(=O)N2CCCOC)cc1. The van der Waals surface area contributed by atoms with Gasteiger partial charge in [0, 0.05) is 30.8 Å². The summed E-state index contributed by atoms with van der Waals surface area (Å²) in [5, 5.41) is 11.5. The zero-order chi connectivity index (χ0) is 22.4. The fourth-order valence-electron chi connectivity index (χ4n) is 3.50. The summed E-state index contributed by atoms with van der Waals surface area (Å²) in [6, 6.07) is 12.8. The molecule has 162 valence electrons. The van der Waals surface area contributed by atoms with Gasteiger partial charge in [0.2, 0.25) is 0 Å². The predicted octanol–water partition coefficient (Wildman–Crippen LogP) is 4.36. The van der Waals surface area contributed by atoms with Crippen molar-refractivity contribution >= 4 is 29.1 Å². The number of aliphatic hydroxyl groups excluding tert-OH is 1. The van der Waals surface area contributed by atoms with Gasteiger partial charge in [0.05, 0.1) is 11.6 Å². The second kappa shape index (κ2) is 10.3. The van der Waals surface area contributed by atoms with Crippen molar-refractivity contribution in [1.82, 2.24) is 4.90 Å². The topological polar surface area (TPSA) is 76.1 Å². The quantitative estimate of drug-likeness (QED) is 0.206. The minimum atomic E-state index is -0.721. The lowest BCUT2D eigenvalue weighted by molar-refractivity contribution is -0.140. The van der Waals surface area contributed by atoms with Gasteiger partial charge >= 0.3 is 0 Å². The van der Waals surface area contributed by atoms with Gasteiger partial charge in [-0.25, -0.2) is 0 Å². The van der Waals surface area contributed by atoms with Crippen LogP contribution >= 0.6 is 11.6 Å². The van der Waals surface area contributed by atoms with Gasteiger partial charge in [0.1, 0.15) is 18.1 Å². The molecule has 0 bridgehead atoms. The average molecular weight is 442 g/mol. The molecule has 1 amide bonds. The van der Waals surface area contributed by atoms with Gasteiger partial charge in [0.15, 0.2) is 0 Å². The number of benzene rings is 2. The molecule has 1 fully saturated rings. The molecule has 2 aromatic carbocycles. The lowest BCUT2D eigenvalue weighted by atomic mass is 9.95. The van der Waals surface area contributed by atoms with E-state index in [0.717, 1.165) is 0 Å². The number of Topliss-reactive ketones (excluding diaryl/α,β-unsaturated/α-hetero) is 1. The van der Waals surface area contributed by atoms with Crippen LogP contribution in [0, 0.1) is 0 Å². The van der Waals surface area contributed by atoms with E-state index in [-0.39, 0.29) is 11.3 Å². The third-order valence-electron chi connectivity index (χ3n) is 4.97. The van der Waals surface area contributed by atoms with Crippen molar-refractivity contribution < 1.29 is 24.2 Å². The van der Waals surface area contributed by atoms with Gasteiger partial charge in [-0.15, -0.1) is 0 Å². The Morgan fingerprint density at radius 3 is 2.45 bits per heavy atom. The minimum absolute atomic E-state index is 0.0458. The van der Waals surface area contributed by atoms with E-state index in [1.54, 1.807) is 61.7 Å². The number of hydrogen-bond donors (Lipinski definition) is 1. The predicted molar refractivity (Wildman–Crippen MR) is 119 cm³/mol. The van der Waals surface area contributed by atoms with Gasteiger partial charge < -0.3 is 19.5 Å². The fraction of sp³-hybridized carbons (Fsp3) is 0.250. The molecule has 0 aliphatic carbocycles. The van der Waals surface area contributed by atoms with E-state index in [0.29, 0.717) is 48.1 Å². The number of ketones is 1. The number of hydrogen-bond acceptors (Lipinski definition) is 5. The van der Waals surface area contributed by atoms with Crippen LogP contribution in [0.5, 0.6) is 5.75 Å². The highest BCUT2D eigenvalue weighted by atomic mass is 35.5. The maximum atomic E-state index is 12.9. The molecule has 1 N–H and O–H groups in total. The Morgan fingerprint density at radius 2 is 1.84 bits per heavy atom. The second-order valence-electron chi connectivity index (χ2n) is 7.01. The molecule has 2 aromatic rings. The van der Waals surface area contributed by atoms with Gasteiger partial charge in [-0.3, -0.25) is 9.59 Å². The highest BCUT2D eigenvalue weighted by Gasteiger charge is 2.45. The number of carbonyl (C=O) groups excluding carboxylic acids is 2. The maximum absolute atomic E-state index is 12.9. The van der Waals surface area contributed by atoms with Crippen LogP contribution in [-0.2, 0) is 14.3 Å². The van der Waals surface area contributed by atoms with E-state index in [1.807, 2.05) is 0 Å². The van der Waals surface area contributed by atoms with Crippen LogP contribution in [0.25, 0.3) is 5.76 Å². The summed E-state index contributed by atoms with van der Waals surface area (Å²) < 4.78 is 10.6. The Bertz CT molecular complexity index is 982. The van der Waals surface area contributed by atoms with Crippen LogP contribution in [0.4, 0.5) is 0 Å². The number of methoxy groups -OCH3 is 1. The van der Waals surface area contributed by atoms with Gasteiger partial charge in [0.25, 0.3) is 11.7 Å². The molecule has 0 saturated carbocycles. The van der Waals surface area contributed by atoms with E-state index in [1.165, 1.54) is 4.90 Å². The van der Waals surface area contributed by atoms with Gasteiger partial charge in [-0.2, -0.15) is 0 Å². The van der Waals surface area contributed by atoms with Crippen LogP contribution in [0.3, 0.4) is 0 Å². The standard InChI is InChI=1S/C24H24ClNO5/c1-3-14-31-19-11-7-16(8-12-19)21-20(22(27)17-5-9-18(25)10-6-17)23(28)24(29)26(21)13-4-15-30-2/h3,5-12,21,27H,1,4,13-15H2,2H3. The van der Waals surface area contributed by atoms with E-state index >= 15 is 0 Å². The lowest BCUT2D eigenvalue weighted by Gasteiger charge is -2.25. The largest absolute Gasteiger partial charge is 0.507 e. The van der Waals surface area contributed by atoms with Crippen LogP contribution < -0.4 is 4.74 Å². The molecule has 3 rings (SSSR count). The monoisotopic (exact) mass is 441 g/mol. The minimum Gasteiger partial charge on any atom is -0.507 e. The summed E-state index contributed by atoms with van der Waals surface area (Å²) >= 11 is 5.94. The molecular weight excluding hydrogens is 418 g/mol. The number of rotatable bonds is 9. The number of ether oxygens (including phenoxy) is 2. The van der Waals surface area contributed by atoms with Crippen LogP contribution in [0.2, 0.25) is 5.02 Å². The molecule has 31 heavy (non-hydrogen) atoms. The summed E-state index contributed by atoms with van der Waals surface area (Å²) in [6.45, 7) is 4.75. The van der Waals surface area contributed by atoms with Crippen molar-refractivity contribution in [1.29, 1.82) is 0 Å². The first kappa shape index (κ1) is 22.6. The molecule has 0 radical (unpaired) electrons. The third-order valence-corrected chi connectivity index (χ3v) is 5.22. The summed E-state index contributed by atoms with van der Waals surface area (Å²) in [6.07, 6.45) is 2.20. The molecule has 0 aromatic heterocycles. The van der Waals surface area contributed by atoms with Crippen molar-refractivity contribution in [2.45, 2.75) is 12.5 Å². The van der Waals surface area contributed by atoms with Crippen LogP contribution in [0.1, 0.15) is 23.6 Å². The Kier molecular flexibility index (Phi) is 7.50. The summed E-state index contributed by atoms with van der Waals surface area (Å²) in [5.74, 6) is -0.968. The number of carbonyl (C=O) groups is 2. The molecule has 0 spiro atoms. The Labute approximate surface area is 186 Å². The third kappa shape index (κ3) is 4.98. The molecule has 1 aliphatic heterocycles. The van der Waals surface area contributed by atoms with E-state index < -0.39 is 17.7 Å². The van der Waals surface area contributed by atoms with Crippen molar-refractivity contribution in [3.05, 3.63) is 82.9 Å². The number of amides is 1. The smallest absolute Gasteiger partial charge is 0.295 e. The Morgan fingerprint density at radius 1 is 1.16 bits per heavy atom. The summed E-state index contributed by atoms with van der Waals surface area (Å²) in [5.41, 5.74) is 1.15. The number of likely N-dealkylation sites (tertiary alicyclic amines) is 1. The fourth-order valence-corrected chi connectivity index (χ4v) is 3.63. The van der Waals surface area contributed by atoms with E-state index in [9.17, 15) is 14.7 Å². The van der Waals surface area contributed by atoms with Gasteiger partial charge in [-0.05, 0) is 48.4 Å². The molecule has 1 heterocycles. The highest BCUT2D eigenvalue weighted by molar-refractivity contribution is 6.46. The second-order valence-corrected chi connectivity index (χ2v) is 7.45. The van der Waals surface area contributed by atoms with Crippen molar-refractivity contribution in [2.75, 3.05) is 26.9 Å². The first-order valence-electron chi connectivity index (χ1n) is 9.85. The molecule has 7 heteroatoms. The molecule has 1 unspecified atom stereocenters. The number of halogens is 1. The Hall–Kier alpha value is -3.09. The molecular formula is C24H24ClNO5. The molecule has 1 aliphatic rings. The zero-order valence-corrected chi connectivity index (χ0v) is 18.0.